The molecule has 92 valence electrons. The van der Waals surface area contributed by atoms with Crippen LogP contribution in [0.2, 0.25) is 0 Å². The number of anilines is 2. The molecule has 4 N–H and O–H groups in total. The van der Waals surface area contributed by atoms with Gasteiger partial charge >= 0.3 is 5.97 Å². The number of carboxylic acid groups (broad SMARTS) is 1. The van der Waals surface area contributed by atoms with Crippen LogP contribution in [0.3, 0.4) is 0 Å². The Morgan fingerprint density at radius 3 is 2.78 bits per heavy atom. The predicted octanol–water partition coefficient (Wildman–Crippen LogP) is 1.37. The fourth-order valence-electron chi connectivity index (χ4n) is 1.48. The minimum atomic E-state index is -1.07. The highest BCUT2D eigenvalue weighted by Crippen LogP contribution is 2.20. The molecule has 0 aliphatic rings. The molecular formula is C12H12N4O2. The van der Waals surface area contributed by atoms with Crippen molar-refractivity contribution < 1.29 is 9.90 Å². The van der Waals surface area contributed by atoms with Gasteiger partial charge in [-0.2, -0.15) is 0 Å². The average molecular weight is 244 g/mol. The summed E-state index contributed by atoms with van der Waals surface area (Å²) < 4.78 is 0. The normalized spacial score (nSPS) is 10.0. The highest BCUT2D eigenvalue weighted by Gasteiger charge is 2.11. The Balaban J connectivity index is 2.15. The lowest BCUT2D eigenvalue weighted by Gasteiger charge is -2.09. The number of aromatic carboxylic acids is 1. The number of nitrogens with two attached hydrogens (primary N) is 1. The maximum absolute atomic E-state index is 10.9. The Hall–Kier alpha value is -2.63. The van der Waals surface area contributed by atoms with Crippen molar-refractivity contribution in [1.82, 2.24) is 9.97 Å². The standard InChI is InChI=1S/C12H12N4O2/c13-10-9(12(17)18)4-6-15-11(10)16-7-8-3-1-2-5-14-8/h1-6H,7,13H2,(H,15,16)(H,17,18). The third-order valence-electron chi connectivity index (χ3n) is 2.38. The summed E-state index contributed by atoms with van der Waals surface area (Å²) in [6.07, 6.45) is 3.09. The van der Waals surface area contributed by atoms with Crippen LogP contribution < -0.4 is 11.1 Å². The number of hydrogen-bond acceptors (Lipinski definition) is 5. The quantitative estimate of drug-likeness (QED) is 0.750. The molecule has 0 spiro atoms. The van der Waals surface area contributed by atoms with Gasteiger partial charge in [-0.15, -0.1) is 0 Å². The minimum Gasteiger partial charge on any atom is -0.478 e. The number of nitrogens with one attached hydrogen (secondary N) is 1. The van der Waals surface area contributed by atoms with Gasteiger partial charge in [0.15, 0.2) is 0 Å². The molecule has 6 heteroatoms. The molecule has 0 saturated carbocycles. The Kier molecular flexibility index (Phi) is 3.38. The molecule has 0 bridgehead atoms. The number of carboxylic acids is 1. The van der Waals surface area contributed by atoms with Crippen LogP contribution in [0.1, 0.15) is 16.1 Å². The first-order valence-corrected chi connectivity index (χ1v) is 5.30. The topological polar surface area (TPSA) is 101 Å². The number of carbonyl (C=O) groups is 1. The molecule has 0 saturated heterocycles. The summed E-state index contributed by atoms with van der Waals surface area (Å²) in [5.74, 6) is -0.726. The SMILES string of the molecule is Nc1c(C(=O)O)ccnc1NCc1ccccn1. The van der Waals surface area contributed by atoms with Gasteiger partial charge in [-0.1, -0.05) is 6.07 Å². The van der Waals surface area contributed by atoms with E-state index in [9.17, 15) is 4.79 Å². The first-order chi connectivity index (χ1) is 8.68. The highest BCUT2D eigenvalue weighted by atomic mass is 16.4. The van der Waals surface area contributed by atoms with Crippen molar-refractivity contribution in [3.8, 4) is 0 Å². The third-order valence-corrected chi connectivity index (χ3v) is 2.38. The Morgan fingerprint density at radius 2 is 2.11 bits per heavy atom. The van der Waals surface area contributed by atoms with E-state index in [0.717, 1.165) is 5.69 Å². The molecule has 18 heavy (non-hydrogen) atoms. The molecule has 0 aliphatic carbocycles. The first-order valence-electron chi connectivity index (χ1n) is 5.30. The highest BCUT2D eigenvalue weighted by molar-refractivity contribution is 5.96. The van der Waals surface area contributed by atoms with Crippen molar-refractivity contribution in [3.05, 3.63) is 47.9 Å². The van der Waals surface area contributed by atoms with E-state index in [4.69, 9.17) is 10.8 Å². The zero-order valence-corrected chi connectivity index (χ0v) is 9.50. The van der Waals surface area contributed by atoms with E-state index in [1.165, 1.54) is 12.3 Å². The van der Waals surface area contributed by atoms with Crippen LogP contribution in [0, 0.1) is 0 Å². The molecule has 2 aromatic heterocycles. The van der Waals surface area contributed by atoms with Crippen molar-refractivity contribution in [2.75, 3.05) is 11.1 Å². The summed E-state index contributed by atoms with van der Waals surface area (Å²) in [7, 11) is 0. The average Bonchev–Trinajstić information content (AvgIpc) is 2.38. The largest absolute Gasteiger partial charge is 0.478 e. The van der Waals surface area contributed by atoms with Crippen LogP contribution >= 0.6 is 0 Å². The van der Waals surface area contributed by atoms with E-state index < -0.39 is 5.97 Å². The molecule has 0 aliphatic heterocycles. The van der Waals surface area contributed by atoms with E-state index >= 15 is 0 Å². The lowest BCUT2D eigenvalue weighted by molar-refractivity contribution is 0.0698. The minimum absolute atomic E-state index is 0.0357. The maximum atomic E-state index is 10.9. The number of rotatable bonds is 4. The summed E-state index contributed by atoms with van der Waals surface area (Å²) >= 11 is 0. The monoisotopic (exact) mass is 244 g/mol. The second-order valence-corrected chi connectivity index (χ2v) is 3.60. The molecule has 0 fully saturated rings. The van der Waals surface area contributed by atoms with Gasteiger partial charge in [0, 0.05) is 12.4 Å². The van der Waals surface area contributed by atoms with Crippen molar-refractivity contribution in [3.63, 3.8) is 0 Å². The van der Waals surface area contributed by atoms with E-state index in [-0.39, 0.29) is 11.3 Å². The molecule has 0 radical (unpaired) electrons. The summed E-state index contributed by atoms with van der Waals surface area (Å²) in [6.45, 7) is 0.432. The lowest BCUT2D eigenvalue weighted by atomic mass is 10.2. The Labute approximate surface area is 104 Å². The van der Waals surface area contributed by atoms with Crippen molar-refractivity contribution >= 4 is 17.5 Å². The maximum Gasteiger partial charge on any atom is 0.337 e. The first kappa shape index (κ1) is 11.8. The van der Waals surface area contributed by atoms with Gasteiger partial charge in [0.1, 0.15) is 5.82 Å². The number of hydrogen-bond donors (Lipinski definition) is 3. The molecule has 0 unspecified atom stereocenters. The Morgan fingerprint density at radius 1 is 1.28 bits per heavy atom. The molecule has 0 amide bonds. The van der Waals surface area contributed by atoms with E-state index in [1.807, 2.05) is 18.2 Å². The summed E-state index contributed by atoms with van der Waals surface area (Å²) in [4.78, 5) is 19.0. The summed E-state index contributed by atoms with van der Waals surface area (Å²) in [6, 6.07) is 6.91. The van der Waals surface area contributed by atoms with E-state index in [0.29, 0.717) is 12.4 Å². The van der Waals surface area contributed by atoms with Gasteiger partial charge in [0.25, 0.3) is 0 Å². The van der Waals surface area contributed by atoms with Gasteiger partial charge < -0.3 is 16.2 Å². The lowest BCUT2D eigenvalue weighted by Crippen LogP contribution is -2.09. The molecule has 2 rings (SSSR count). The van der Waals surface area contributed by atoms with Gasteiger partial charge in [0.05, 0.1) is 23.5 Å². The summed E-state index contributed by atoms with van der Waals surface area (Å²) in [5.41, 5.74) is 6.70. The molecular weight excluding hydrogens is 232 g/mol. The van der Waals surface area contributed by atoms with Gasteiger partial charge in [-0.05, 0) is 18.2 Å². The van der Waals surface area contributed by atoms with Crippen LogP contribution in [0.15, 0.2) is 36.7 Å². The smallest absolute Gasteiger partial charge is 0.337 e. The molecule has 0 aromatic carbocycles. The predicted molar refractivity (Wildman–Crippen MR) is 67.2 cm³/mol. The number of nitrogen functional groups attached to an aromatic ring is 1. The van der Waals surface area contributed by atoms with Crippen molar-refractivity contribution in [2.24, 2.45) is 0 Å². The molecule has 2 heterocycles. The fraction of sp³-hybridized carbons (Fsp3) is 0.0833. The Bertz CT molecular complexity index is 557. The second-order valence-electron chi connectivity index (χ2n) is 3.60. The molecule has 2 aromatic rings. The van der Waals surface area contributed by atoms with Crippen molar-refractivity contribution in [2.45, 2.75) is 6.54 Å². The second kappa shape index (κ2) is 5.13. The zero-order valence-electron chi connectivity index (χ0n) is 9.50. The fourth-order valence-corrected chi connectivity index (χ4v) is 1.48. The third kappa shape index (κ3) is 2.54. The molecule has 0 atom stereocenters. The number of pyridine rings is 2. The van der Waals surface area contributed by atoms with Gasteiger partial charge in [0.2, 0.25) is 0 Å². The number of aromatic nitrogens is 2. The molecule has 6 nitrogen and oxygen atoms in total. The zero-order chi connectivity index (χ0) is 13.0. The van der Waals surface area contributed by atoms with Crippen LogP contribution in [0.25, 0.3) is 0 Å². The van der Waals surface area contributed by atoms with Crippen LogP contribution in [-0.2, 0) is 6.54 Å². The summed E-state index contributed by atoms with van der Waals surface area (Å²) in [5, 5.41) is 11.9. The van der Waals surface area contributed by atoms with E-state index in [1.54, 1.807) is 6.20 Å². The number of nitrogens with zero attached hydrogens (tertiary/aromatic N) is 2. The van der Waals surface area contributed by atoms with Crippen molar-refractivity contribution in [1.29, 1.82) is 0 Å². The van der Waals surface area contributed by atoms with Crippen LogP contribution in [0.5, 0.6) is 0 Å². The van der Waals surface area contributed by atoms with Gasteiger partial charge in [-0.25, -0.2) is 9.78 Å². The van der Waals surface area contributed by atoms with E-state index in [2.05, 4.69) is 15.3 Å². The van der Waals surface area contributed by atoms with Crippen LogP contribution in [0.4, 0.5) is 11.5 Å². The van der Waals surface area contributed by atoms with Crippen LogP contribution in [-0.4, -0.2) is 21.0 Å². The van der Waals surface area contributed by atoms with Gasteiger partial charge in [-0.3, -0.25) is 4.98 Å².